The van der Waals surface area contributed by atoms with Crippen LogP contribution in [0.15, 0.2) is 53.5 Å². The highest BCUT2D eigenvalue weighted by Crippen LogP contribution is 2.24. The van der Waals surface area contributed by atoms with E-state index in [2.05, 4.69) is 32.5 Å². The van der Waals surface area contributed by atoms with Gasteiger partial charge in [0.1, 0.15) is 17.7 Å². The van der Waals surface area contributed by atoms with E-state index in [1.807, 2.05) is 30.3 Å². The van der Waals surface area contributed by atoms with E-state index >= 15 is 0 Å². The van der Waals surface area contributed by atoms with Crippen molar-refractivity contribution in [3.8, 4) is 5.75 Å². The van der Waals surface area contributed by atoms with E-state index in [0.717, 1.165) is 16.5 Å². The molecule has 0 aliphatic heterocycles. The molecule has 0 saturated carbocycles. The molecule has 2 aromatic heterocycles. The number of anilines is 1. The molecule has 0 amide bonds. The second kappa shape index (κ2) is 6.27. The molecule has 0 spiro atoms. The van der Waals surface area contributed by atoms with E-state index in [9.17, 15) is 4.79 Å². The van der Waals surface area contributed by atoms with Crippen molar-refractivity contribution in [1.29, 1.82) is 0 Å². The number of aryl methyl sites for hydroxylation is 1. The molecule has 0 unspecified atom stereocenters. The number of H-pyrrole nitrogens is 1. The van der Waals surface area contributed by atoms with Crippen LogP contribution in [0.2, 0.25) is 0 Å². The van der Waals surface area contributed by atoms with Gasteiger partial charge in [0.05, 0.1) is 12.7 Å². The maximum Gasteiger partial charge on any atom is 0.263 e. The predicted octanol–water partition coefficient (Wildman–Crippen LogP) is 2.30. The Morgan fingerprint density at radius 1 is 1.16 bits per heavy atom. The van der Waals surface area contributed by atoms with Gasteiger partial charge >= 0.3 is 0 Å². The lowest BCUT2D eigenvalue weighted by Crippen LogP contribution is -2.17. The van der Waals surface area contributed by atoms with Crippen molar-refractivity contribution >= 4 is 27.8 Å². The van der Waals surface area contributed by atoms with Gasteiger partial charge in [0.2, 0.25) is 5.95 Å². The van der Waals surface area contributed by atoms with Crippen molar-refractivity contribution in [2.45, 2.75) is 0 Å². The maximum absolute atomic E-state index is 12.0. The van der Waals surface area contributed by atoms with Crippen molar-refractivity contribution in [1.82, 2.24) is 19.7 Å². The summed E-state index contributed by atoms with van der Waals surface area (Å²) in [5.74, 6) is 1.24. The van der Waals surface area contributed by atoms with Crippen LogP contribution >= 0.6 is 0 Å². The summed E-state index contributed by atoms with van der Waals surface area (Å²) in [5.41, 5.74) is 0.330. The van der Waals surface area contributed by atoms with Crippen molar-refractivity contribution in [2.24, 2.45) is 7.05 Å². The summed E-state index contributed by atoms with van der Waals surface area (Å²) in [6.45, 7) is 0.955. The minimum Gasteiger partial charge on any atom is -0.491 e. The summed E-state index contributed by atoms with van der Waals surface area (Å²) in [7, 11) is 1.75. The number of hydrogen-bond acceptors (Lipinski definition) is 5. The largest absolute Gasteiger partial charge is 0.491 e. The minimum atomic E-state index is -0.212. The fourth-order valence-corrected chi connectivity index (χ4v) is 2.77. The topological polar surface area (TPSA) is 84.8 Å². The number of nitrogens with one attached hydrogen (secondary N) is 2. The molecule has 2 aromatic carbocycles. The Morgan fingerprint density at radius 3 is 2.92 bits per heavy atom. The van der Waals surface area contributed by atoms with Crippen LogP contribution in [0.1, 0.15) is 0 Å². The minimum absolute atomic E-state index is 0.212. The van der Waals surface area contributed by atoms with Crippen LogP contribution < -0.4 is 15.6 Å². The Bertz CT molecular complexity index is 1090. The van der Waals surface area contributed by atoms with Crippen molar-refractivity contribution in [2.75, 3.05) is 18.5 Å². The second-order valence-electron chi connectivity index (χ2n) is 5.67. The van der Waals surface area contributed by atoms with Gasteiger partial charge in [-0.05, 0) is 11.5 Å². The first-order chi connectivity index (χ1) is 12.2. The first kappa shape index (κ1) is 15.2. The third-order valence-corrected chi connectivity index (χ3v) is 4.00. The number of aromatic nitrogens is 4. The molecule has 4 aromatic rings. The first-order valence-electron chi connectivity index (χ1n) is 7.99. The summed E-state index contributed by atoms with van der Waals surface area (Å²) in [6.07, 6.45) is 1.51. The summed E-state index contributed by atoms with van der Waals surface area (Å²) >= 11 is 0. The Kier molecular flexibility index (Phi) is 3.81. The lowest BCUT2D eigenvalue weighted by atomic mass is 10.1. The quantitative estimate of drug-likeness (QED) is 0.547. The molecule has 0 fully saturated rings. The van der Waals surface area contributed by atoms with Gasteiger partial charge in [-0.15, -0.1) is 0 Å². The third kappa shape index (κ3) is 2.91. The Labute approximate surface area is 143 Å². The first-order valence-corrected chi connectivity index (χ1v) is 7.99. The molecule has 0 aliphatic carbocycles. The van der Waals surface area contributed by atoms with E-state index in [0.29, 0.717) is 30.1 Å². The molecule has 25 heavy (non-hydrogen) atoms. The van der Waals surface area contributed by atoms with Gasteiger partial charge < -0.3 is 10.1 Å². The Balaban J connectivity index is 1.44. The van der Waals surface area contributed by atoms with Crippen LogP contribution in [0.3, 0.4) is 0 Å². The van der Waals surface area contributed by atoms with Crippen LogP contribution in [-0.4, -0.2) is 32.9 Å². The van der Waals surface area contributed by atoms with Crippen LogP contribution in [-0.2, 0) is 7.05 Å². The number of rotatable bonds is 5. The highest BCUT2D eigenvalue weighted by molar-refractivity contribution is 5.88. The van der Waals surface area contributed by atoms with Gasteiger partial charge in [0, 0.05) is 12.4 Å². The van der Waals surface area contributed by atoms with Gasteiger partial charge in [-0.3, -0.25) is 14.5 Å². The summed E-state index contributed by atoms with van der Waals surface area (Å²) in [5, 5.41) is 9.81. The number of ether oxygens (including phenoxy) is 1. The molecule has 4 rings (SSSR count). The second-order valence-corrected chi connectivity index (χ2v) is 5.67. The summed E-state index contributed by atoms with van der Waals surface area (Å²) in [4.78, 5) is 19.1. The van der Waals surface area contributed by atoms with Crippen LogP contribution in [0.25, 0.3) is 21.8 Å². The van der Waals surface area contributed by atoms with E-state index < -0.39 is 0 Å². The van der Waals surface area contributed by atoms with Gasteiger partial charge in [-0.25, -0.2) is 0 Å². The molecule has 0 atom stereocenters. The standard InChI is InChI=1S/C18H17N5O2/c1-23-16-14(11-20-23)17(24)22-18(21-16)19-9-10-25-15-8-4-6-12-5-2-3-7-13(12)15/h2-8,11H,9-10H2,1H3,(H2,19,21,22,24). The van der Waals surface area contributed by atoms with Crippen molar-refractivity contribution in [3.63, 3.8) is 0 Å². The highest BCUT2D eigenvalue weighted by Gasteiger charge is 2.07. The fourth-order valence-electron chi connectivity index (χ4n) is 2.77. The zero-order valence-electron chi connectivity index (χ0n) is 13.7. The molecule has 126 valence electrons. The Hall–Kier alpha value is -3.35. The molecule has 0 saturated heterocycles. The molecule has 7 heteroatoms. The maximum atomic E-state index is 12.0. The molecule has 0 radical (unpaired) electrons. The zero-order valence-corrected chi connectivity index (χ0v) is 13.7. The van der Waals surface area contributed by atoms with Gasteiger partial charge in [0.15, 0.2) is 5.65 Å². The monoisotopic (exact) mass is 335 g/mol. The molecule has 2 heterocycles. The smallest absolute Gasteiger partial charge is 0.263 e. The molecule has 0 bridgehead atoms. The zero-order chi connectivity index (χ0) is 17.2. The van der Waals surface area contributed by atoms with Crippen LogP contribution in [0.5, 0.6) is 5.75 Å². The summed E-state index contributed by atoms with van der Waals surface area (Å²) in [6, 6.07) is 14.1. The van der Waals surface area contributed by atoms with E-state index in [4.69, 9.17) is 4.74 Å². The van der Waals surface area contributed by atoms with Gasteiger partial charge in [-0.1, -0.05) is 36.4 Å². The summed E-state index contributed by atoms with van der Waals surface area (Å²) < 4.78 is 7.44. The number of fused-ring (bicyclic) bond motifs is 2. The average Bonchev–Trinajstić information content (AvgIpc) is 3.00. The van der Waals surface area contributed by atoms with E-state index in [1.165, 1.54) is 6.20 Å². The van der Waals surface area contributed by atoms with Gasteiger partial charge in [0.25, 0.3) is 5.56 Å². The van der Waals surface area contributed by atoms with E-state index in [-0.39, 0.29) is 5.56 Å². The number of aromatic amines is 1. The molecule has 7 nitrogen and oxygen atoms in total. The third-order valence-electron chi connectivity index (χ3n) is 4.00. The lowest BCUT2D eigenvalue weighted by molar-refractivity contribution is 0.336. The normalized spacial score (nSPS) is 11.1. The number of hydrogen-bond donors (Lipinski definition) is 2. The average molecular weight is 335 g/mol. The molecular formula is C18H17N5O2. The van der Waals surface area contributed by atoms with Crippen molar-refractivity contribution in [3.05, 3.63) is 59.0 Å². The van der Waals surface area contributed by atoms with Crippen LogP contribution in [0, 0.1) is 0 Å². The number of benzene rings is 2. The van der Waals surface area contributed by atoms with Gasteiger partial charge in [-0.2, -0.15) is 10.1 Å². The predicted molar refractivity (Wildman–Crippen MR) is 97.1 cm³/mol. The highest BCUT2D eigenvalue weighted by atomic mass is 16.5. The van der Waals surface area contributed by atoms with Crippen LogP contribution in [0.4, 0.5) is 5.95 Å². The molecular weight excluding hydrogens is 318 g/mol. The lowest BCUT2D eigenvalue weighted by Gasteiger charge is -2.10. The molecule has 2 N–H and O–H groups in total. The van der Waals surface area contributed by atoms with Crippen molar-refractivity contribution < 1.29 is 4.74 Å². The fraction of sp³-hybridized carbons (Fsp3) is 0.167. The number of nitrogens with zero attached hydrogens (tertiary/aromatic N) is 3. The van der Waals surface area contributed by atoms with E-state index in [1.54, 1.807) is 11.7 Å². The molecule has 0 aliphatic rings. The SMILES string of the molecule is Cn1ncc2c(=O)[nH]c(NCCOc3cccc4ccccc34)nc21. The Morgan fingerprint density at radius 2 is 2.00 bits per heavy atom.